The monoisotopic (exact) mass is 539 g/mol. The predicted molar refractivity (Wildman–Crippen MR) is 110 cm³/mol. The van der Waals surface area contributed by atoms with Gasteiger partial charge in [0.15, 0.2) is 6.61 Å². The number of hydrogen-bond acceptors (Lipinski definition) is 7. The Hall–Kier alpha value is -3.95. The van der Waals surface area contributed by atoms with Crippen LogP contribution in [-0.4, -0.2) is 64.1 Å². The van der Waals surface area contributed by atoms with E-state index in [0.717, 1.165) is 24.3 Å². The summed E-state index contributed by atoms with van der Waals surface area (Å²) in [4.78, 5) is 22.6. The van der Waals surface area contributed by atoms with Gasteiger partial charge in [0.05, 0.1) is 17.7 Å². The summed E-state index contributed by atoms with van der Waals surface area (Å²) in [5, 5.41) is 24.1. The predicted octanol–water partition coefficient (Wildman–Crippen LogP) is 4.14. The number of carbonyl (C=O) groups excluding carboxylic acids is 1. The molecule has 0 bridgehead atoms. The van der Waals surface area contributed by atoms with Gasteiger partial charge in [0.25, 0.3) is 11.6 Å². The quantitative estimate of drug-likeness (QED) is 0.307. The molecule has 0 saturated carbocycles. The fraction of sp³-hybridized carbons (Fsp3) is 0.333. The number of benzene rings is 2. The summed E-state index contributed by atoms with van der Waals surface area (Å²) in [7, 11) is 1.30. The van der Waals surface area contributed by atoms with Crippen molar-refractivity contribution in [1.82, 2.24) is 5.01 Å². The van der Waals surface area contributed by atoms with Crippen LogP contribution >= 0.6 is 0 Å². The highest BCUT2D eigenvalue weighted by Crippen LogP contribution is 2.54. The van der Waals surface area contributed by atoms with E-state index in [0.29, 0.717) is 0 Å². The van der Waals surface area contributed by atoms with Crippen LogP contribution in [0.5, 0.6) is 11.5 Å². The van der Waals surface area contributed by atoms with E-state index >= 15 is 0 Å². The molecule has 0 unspecified atom stereocenters. The molecule has 200 valence electrons. The third kappa shape index (κ3) is 4.87. The summed E-state index contributed by atoms with van der Waals surface area (Å²) in [6, 6.07) is 8.93. The van der Waals surface area contributed by atoms with Crippen molar-refractivity contribution >= 4 is 17.3 Å². The lowest BCUT2D eigenvalue weighted by Gasteiger charge is -2.41. The molecule has 0 saturated heterocycles. The number of hydrogen-bond donors (Lipinski definition) is 1. The highest BCUT2D eigenvalue weighted by molar-refractivity contribution is 6.03. The summed E-state index contributed by atoms with van der Waals surface area (Å²) < 4.78 is 106. The topological polar surface area (TPSA) is 114 Å². The number of non-ortho nitro benzene ring substituents is 1. The smallest absolute Gasteiger partial charge is 0.460 e. The summed E-state index contributed by atoms with van der Waals surface area (Å²) >= 11 is 0. The summed E-state index contributed by atoms with van der Waals surface area (Å²) in [5.74, 6) is -14.7. The van der Waals surface area contributed by atoms with Crippen molar-refractivity contribution in [2.24, 2.45) is 5.10 Å². The van der Waals surface area contributed by atoms with Crippen molar-refractivity contribution in [1.29, 1.82) is 0 Å². The highest BCUT2D eigenvalue weighted by Gasteiger charge is 2.82. The summed E-state index contributed by atoms with van der Waals surface area (Å²) in [6.07, 6.45) is -8.39. The van der Waals surface area contributed by atoms with Crippen LogP contribution in [0.2, 0.25) is 0 Å². The Labute approximate surface area is 202 Å². The molecule has 3 rings (SSSR count). The minimum atomic E-state index is -6.79. The molecule has 0 fully saturated rings. The molecule has 2 aromatic carbocycles. The SMILES string of the molecule is COc1ccc(C2=NN(C(=O)COc3ccc([N+](=O)[O-])cc3)[C@](O)(C(F)(F)C(F)(F)C(F)(F)F)C2)cc1. The van der Waals surface area contributed by atoms with Crippen LogP contribution in [0.25, 0.3) is 0 Å². The zero-order chi connectivity index (χ0) is 27.8. The number of nitro groups is 1. The van der Waals surface area contributed by atoms with Gasteiger partial charge in [-0.25, -0.2) is 0 Å². The van der Waals surface area contributed by atoms with Gasteiger partial charge in [-0.3, -0.25) is 14.9 Å². The lowest BCUT2D eigenvalue weighted by Crippen LogP contribution is -2.69. The minimum Gasteiger partial charge on any atom is -0.497 e. The van der Waals surface area contributed by atoms with Gasteiger partial charge in [-0.1, -0.05) is 0 Å². The Morgan fingerprint density at radius 1 is 1.05 bits per heavy atom. The number of carbonyl (C=O) groups is 1. The van der Waals surface area contributed by atoms with Gasteiger partial charge in [-0.05, 0) is 42.0 Å². The van der Waals surface area contributed by atoms with Crippen molar-refractivity contribution in [3.63, 3.8) is 0 Å². The van der Waals surface area contributed by atoms with Crippen LogP contribution < -0.4 is 9.47 Å². The number of nitro benzene ring substituents is 1. The van der Waals surface area contributed by atoms with Gasteiger partial charge in [0.1, 0.15) is 11.5 Å². The van der Waals surface area contributed by atoms with E-state index in [1.54, 1.807) is 0 Å². The first-order valence-electron chi connectivity index (χ1n) is 10.0. The van der Waals surface area contributed by atoms with Crippen LogP contribution in [-0.2, 0) is 4.79 Å². The Balaban J connectivity index is 1.97. The fourth-order valence-corrected chi connectivity index (χ4v) is 3.30. The molecule has 1 atom stereocenters. The Bertz CT molecular complexity index is 1200. The van der Waals surface area contributed by atoms with Crippen molar-refractivity contribution in [3.05, 3.63) is 64.2 Å². The van der Waals surface area contributed by atoms with E-state index in [1.807, 2.05) is 0 Å². The minimum absolute atomic E-state index is 0.0862. The first-order valence-corrected chi connectivity index (χ1v) is 10.0. The fourth-order valence-electron chi connectivity index (χ4n) is 3.30. The van der Waals surface area contributed by atoms with Crippen molar-refractivity contribution < 1.29 is 55.0 Å². The normalized spacial score (nSPS) is 18.4. The molecule has 16 heteroatoms. The maximum absolute atomic E-state index is 14.8. The zero-order valence-electron chi connectivity index (χ0n) is 18.5. The third-order valence-corrected chi connectivity index (χ3v) is 5.31. The summed E-state index contributed by atoms with van der Waals surface area (Å²) in [5.41, 5.74) is -5.50. The van der Waals surface area contributed by atoms with Crippen LogP contribution in [0.3, 0.4) is 0 Å². The van der Waals surface area contributed by atoms with Crippen LogP contribution in [0.1, 0.15) is 12.0 Å². The van der Waals surface area contributed by atoms with Crippen molar-refractivity contribution in [2.45, 2.75) is 30.2 Å². The summed E-state index contributed by atoms with van der Waals surface area (Å²) in [6.45, 7) is -1.26. The molecule has 1 N–H and O–H groups in total. The number of ether oxygens (including phenoxy) is 2. The molecule has 1 aliphatic rings. The number of nitrogens with zero attached hydrogens (tertiary/aromatic N) is 3. The van der Waals surface area contributed by atoms with E-state index < -0.39 is 58.3 Å². The lowest BCUT2D eigenvalue weighted by molar-refractivity contribution is -0.401. The van der Waals surface area contributed by atoms with Gasteiger partial charge in [0.2, 0.25) is 5.72 Å². The number of halogens is 7. The molecule has 37 heavy (non-hydrogen) atoms. The molecule has 0 spiro atoms. The highest BCUT2D eigenvalue weighted by atomic mass is 19.4. The molecule has 0 aromatic heterocycles. The molecule has 2 aromatic rings. The number of aliphatic hydroxyl groups is 1. The number of methoxy groups -OCH3 is 1. The van der Waals surface area contributed by atoms with E-state index in [-0.39, 0.29) is 22.7 Å². The Morgan fingerprint density at radius 2 is 1.59 bits per heavy atom. The zero-order valence-corrected chi connectivity index (χ0v) is 18.5. The van der Waals surface area contributed by atoms with E-state index in [1.165, 1.54) is 31.4 Å². The molecule has 0 radical (unpaired) electrons. The van der Waals surface area contributed by atoms with E-state index in [4.69, 9.17) is 9.47 Å². The van der Waals surface area contributed by atoms with Crippen molar-refractivity contribution in [3.8, 4) is 11.5 Å². The first kappa shape index (κ1) is 27.6. The molecular formula is C21H16F7N3O6. The van der Waals surface area contributed by atoms with Crippen LogP contribution in [0, 0.1) is 10.1 Å². The third-order valence-electron chi connectivity index (χ3n) is 5.31. The molecule has 1 heterocycles. The van der Waals surface area contributed by atoms with E-state index in [2.05, 4.69) is 5.10 Å². The maximum Gasteiger partial charge on any atom is 0.460 e. The van der Waals surface area contributed by atoms with Gasteiger partial charge >= 0.3 is 18.0 Å². The number of amides is 1. The second kappa shape index (κ2) is 9.49. The van der Waals surface area contributed by atoms with Gasteiger partial charge in [-0.2, -0.15) is 40.8 Å². The van der Waals surface area contributed by atoms with Gasteiger partial charge in [-0.15, -0.1) is 0 Å². The second-order valence-electron chi connectivity index (χ2n) is 7.66. The van der Waals surface area contributed by atoms with Gasteiger partial charge in [0, 0.05) is 18.6 Å². The van der Waals surface area contributed by atoms with Crippen LogP contribution in [0.4, 0.5) is 36.4 Å². The Morgan fingerprint density at radius 3 is 2.08 bits per heavy atom. The Kier molecular flexibility index (Phi) is 7.09. The number of rotatable bonds is 8. The molecule has 1 aliphatic heterocycles. The maximum atomic E-state index is 14.8. The van der Waals surface area contributed by atoms with E-state index in [9.17, 15) is 50.7 Å². The standard InChI is InChI=1S/C21H16F7N3O6/c1-36-14-6-2-12(3-7-14)16-10-18(33,19(22,23)20(24,25)21(26,27)28)30(29-16)17(32)11-37-15-8-4-13(5-9-15)31(34)35/h2-9,33H,10-11H2,1H3/t18-/m1/s1. The average molecular weight is 539 g/mol. The van der Waals surface area contributed by atoms with Crippen LogP contribution in [0.15, 0.2) is 53.6 Å². The molecule has 1 amide bonds. The van der Waals surface area contributed by atoms with Crippen molar-refractivity contribution in [2.75, 3.05) is 13.7 Å². The second-order valence-corrected chi connectivity index (χ2v) is 7.66. The average Bonchev–Trinajstić information content (AvgIpc) is 3.21. The molecular weight excluding hydrogens is 523 g/mol. The molecule has 9 nitrogen and oxygen atoms in total. The van der Waals surface area contributed by atoms with Gasteiger partial charge < -0.3 is 14.6 Å². The molecule has 0 aliphatic carbocycles. The first-order chi connectivity index (χ1) is 17.0. The number of hydrazone groups is 1. The largest absolute Gasteiger partial charge is 0.497 e. The number of alkyl halides is 7. The lowest BCUT2D eigenvalue weighted by atomic mass is 9.91.